The van der Waals surface area contributed by atoms with Gasteiger partial charge in [-0.1, -0.05) is 30.3 Å². The number of aromatic nitrogens is 1. The highest BCUT2D eigenvalue weighted by Crippen LogP contribution is 2.28. The van der Waals surface area contributed by atoms with Crippen LogP contribution < -0.4 is 10.1 Å². The number of nitrogens with zero attached hydrogens (tertiary/aromatic N) is 3. The van der Waals surface area contributed by atoms with Crippen LogP contribution in [0.25, 0.3) is 16.8 Å². The van der Waals surface area contributed by atoms with Crippen LogP contribution in [0.5, 0.6) is 11.5 Å². The number of hydrogen-bond donors (Lipinski definition) is 1. The number of non-ortho nitro benzene ring substituents is 1. The summed E-state index contributed by atoms with van der Waals surface area (Å²) in [6, 6.07) is 25.2. The van der Waals surface area contributed by atoms with Gasteiger partial charge >= 0.3 is 0 Å². The summed E-state index contributed by atoms with van der Waals surface area (Å²) in [6.45, 7) is 0. The summed E-state index contributed by atoms with van der Waals surface area (Å²) in [6.07, 6.45) is 1.59. The van der Waals surface area contributed by atoms with Gasteiger partial charge in [0.2, 0.25) is 0 Å². The molecule has 0 saturated carbocycles. The van der Waals surface area contributed by atoms with Crippen LogP contribution in [0.4, 0.5) is 11.4 Å². The van der Waals surface area contributed by atoms with Crippen LogP contribution in [0.15, 0.2) is 90.4 Å². The van der Waals surface area contributed by atoms with E-state index >= 15 is 0 Å². The van der Waals surface area contributed by atoms with E-state index in [-0.39, 0.29) is 5.69 Å². The number of nitro groups is 1. The predicted octanol–water partition coefficient (Wildman–Crippen LogP) is 6.49. The van der Waals surface area contributed by atoms with Gasteiger partial charge in [-0.15, -0.1) is 11.3 Å². The monoisotopic (exact) mass is 440 g/mol. The van der Waals surface area contributed by atoms with Crippen LogP contribution in [0.1, 0.15) is 5.01 Å². The van der Waals surface area contributed by atoms with Crippen molar-refractivity contribution in [1.82, 2.24) is 4.98 Å². The SMILES string of the molecule is N#CC(=CNc1ccc(Oc2ccccc2)cc1)c1nc(-c2cccc([N+](=O)[O-])c2)cs1. The van der Waals surface area contributed by atoms with Gasteiger partial charge in [-0.2, -0.15) is 5.26 Å². The van der Waals surface area contributed by atoms with E-state index in [4.69, 9.17) is 4.74 Å². The first-order valence-electron chi connectivity index (χ1n) is 9.53. The number of anilines is 1. The Balaban J connectivity index is 1.46. The Bertz CT molecular complexity index is 1310. The van der Waals surface area contributed by atoms with E-state index in [1.165, 1.54) is 23.5 Å². The van der Waals surface area contributed by atoms with Crippen LogP contribution >= 0.6 is 11.3 Å². The lowest BCUT2D eigenvalue weighted by Crippen LogP contribution is -1.92. The number of thiazole rings is 1. The maximum atomic E-state index is 11.0. The summed E-state index contributed by atoms with van der Waals surface area (Å²) < 4.78 is 5.77. The number of hydrogen-bond acceptors (Lipinski definition) is 7. The molecule has 0 amide bonds. The topological polar surface area (TPSA) is 101 Å². The van der Waals surface area contributed by atoms with Crippen molar-refractivity contribution in [2.24, 2.45) is 0 Å². The molecular weight excluding hydrogens is 424 g/mol. The highest BCUT2D eigenvalue weighted by atomic mass is 32.1. The van der Waals surface area contributed by atoms with Gasteiger partial charge in [0.25, 0.3) is 5.69 Å². The van der Waals surface area contributed by atoms with Crippen molar-refractivity contribution in [3.8, 4) is 28.8 Å². The minimum Gasteiger partial charge on any atom is -0.457 e. The largest absolute Gasteiger partial charge is 0.457 e. The molecule has 8 heteroatoms. The molecule has 7 nitrogen and oxygen atoms in total. The molecule has 0 bridgehead atoms. The van der Waals surface area contributed by atoms with Crippen LogP contribution in [0.3, 0.4) is 0 Å². The Morgan fingerprint density at radius 1 is 1.06 bits per heavy atom. The Kier molecular flexibility index (Phi) is 6.20. The summed E-state index contributed by atoms with van der Waals surface area (Å²) in [5.74, 6) is 1.45. The molecule has 4 aromatic rings. The quantitative estimate of drug-likeness (QED) is 0.200. The summed E-state index contributed by atoms with van der Waals surface area (Å²) >= 11 is 1.30. The second kappa shape index (κ2) is 9.55. The van der Waals surface area contributed by atoms with Crippen molar-refractivity contribution in [1.29, 1.82) is 5.26 Å². The molecule has 0 spiro atoms. The van der Waals surface area contributed by atoms with Crippen molar-refractivity contribution in [2.75, 3.05) is 5.32 Å². The molecule has 1 aromatic heterocycles. The molecule has 0 atom stereocenters. The molecule has 0 aliphatic carbocycles. The molecule has 32 heavy (non-hydrogen) atoms. The van der Waals surface area contributed by atoms with Gasteiger partial charge in [0, 0.05) is 35.0 Å². The lowest BCUT2D eigenvalue weighted by Gasteiger charge is -2.07. The summed E-state index contributed by atoms with van der Waals surface area (Å²) in [5.41, 5.74) is 2.34. The lowest BCUT2D eigenvalue weighted by atomic mass is 10.1. The van der Waals surface area contributed by atoms with E-state index in [2.05, 4.69) is 16.4 Å². The molecule has 156 valence electrons. The molecule has 0 aliphatic heterocycles. The molecule has 3 aromatic carbocycles. The normalized spacial score (nSPS) is 10.9. The zero-order chi connectivity index (χ0) is 22.3. The number of nitro benzene ring substituents is 1. The van der Waals surface area contributed by atoms with Crippen molar-refractivity contribution in [3.63, 3.8) is 0 Å². The molecule has 0 aliphatic rings. The molecule has 0 fully saturated rings. The standard InChI is InChI=1S/C24H16N4O3S/c25-14-18(24-27-23(16-32-24)17-5-4-6-20(13-17)28(29)30)15-26-19-9-11-22(12-10-19)31-21-7-2-1-3-8-21/h1-13,15-16,26H. The maximum absolute atomic E-state index is 11.0. The van der Waals surface area contributed by atoms with Gasteiger partial charge in [0.15, 0.2) is 0 Å². The van der Waals surface area contributed by atoms with Crippen LogP contribution in [0.2, 0.25) is 0 Å². The molecule has 1 heterocycles. The number of nitriles is 1. The average molecular weight is 440 g/mol. The zero-order valence-electron chi connectivity index (χ0n) is 16.6. The van der Waals surface area contributed by atoms with E-state index in [1.807, 2.05) is 54.6 Å². The number of rotatable bonds is 7. The Hall–Kier alpha value is -4.48. The van der Waals surface area contributed by atoms with Crippen molar-refractivity contribution in [3.05, 3.63) is 106 Å². The maximum Gasteiger partial charge on any atom is 0.270 e. The van der Waals surface area contributed by atoms with Gasteiger partial charge < -0.3 is 10.1 Å². The Morgan fingerprint density at radius 2 is 1.81 bits per heavy atom. The first-order chi connectivity index (χ1) is 15.6. The zero-order valence-corrected chi connectivity index (χ0v) is 17.5. The highest BCUT2D eigenvalue weighted by Gasteiger charge is 2.12. The second-order valence-corrected chi connectivity index (χ2v) is 7.46. The Morgan fingerprint density at radius 3 is 2.53 bits per heavy atom. The van der Waals surface area contributed by atoms with Gasteiger partial charge in [0.05, 0.1) is 10.6 Å². The number of allylic oxidation sites excluding steroid dienone is 1. The minimum absolute atomic E-state index is 0.00513. The molecule has 4 rings (SSSR count). The van der Waals surface area contributed by atoms with E-state index in [0.29, 0.717) is 27.6 Å². The van der Waals surface area contributed by atoms with E-state index in [9.17, 15) is 15.4 Å². The van der Waals surface area contributed by atoms with Gasteiger partial charge in [-0.25, -0.2) is 4.98 Å². The fourth-order valence-electron chi connectivity index (χ4n) is 2.85. The number of benzene rings is 3. The summed E-state index contributed by atoms with van der Waals surface area (Å²) in [5, 5.41) is 25.9. The van der Waals surface area contributed by atoms with Crippen molar-refractivity contribution in [2.45, 2.75) is 0 Å². The van der Waals surface area contributed by atoms with Gasteiger partial charge in [-0.05, 0) is 36.4 Å². The fraction of sp³-hybridized carbons (Fsp3) is 0. The molecule has 0 unspecified atom stereocenters. The number of para-hydroxylation sites is 1. The first-order valence-corrected chi connectivity index (χ1v) is 10.4. The molecule has 0 radical (unpaired) electrons. The van der Waals surface area contributed by atoms with Crippen LogP contribution in [-0.2, 0) is 0 Å². The fourth-order valence-corrected chi connectivity index (χ4v) is 3.64. The highest BCUT2D eigenvalue weighted by molar-refractivity contribution is 7.11. The van der Waals surface area contributed by atoms with Gasteiger partial charge in [0.1, 0.15) is 28.1 Å². The van der Waals surface area contributed by atoms with E-state index in [0.717, 1.165) is 11.4 Å². The number of nitrogens with one attached hydrogen (secondary N) is 1. The van der Waals surface area contributed by atoms with Gasteiger partial charge in [-0.3, -0.25) is 10.1 Å². The first kappa shape index (κ1) is 20.8. The summed E-state index contributed by atoms with van der Waals surface area (Å²) in [4.78, 5) is 15.0. The van der Waals surface area contributed by atoms with E-state index in [1.54, 1.807) is 23.7 Å². The third-order valence-corrected chi connectivity index (χ3v) is 5.30. The smallest absolute Gasteiger partial charge is 0.270 e. The van der Waals surface area contributed by atoms with Crippen LogP contribution in [0, 0.1) is 21.4 Å². The van der Waals surface area contributed by atoms with E-state index < -0.39 is 4.92 Å². The molecule has 0 saturated heterocycles. The molecule has 1 N–H and O–H groups in total. The van der Waals surface area contributed by atoms with Crippen molar-refractivity contribution >= 4 is 28.3 Å². The lowest BCUT2D eigenvalue weighted by molar-refractivity contribution is -0.384. The third kappa shape index (κ3) is 4.98. The third-order valence-electron chi connectivity index (χ3n) is 4.42. The predicted molar refractivity (Wildman–Crippen MR) is 124 cm³/mol. The molecular formula is C24H16N4O3S. The average Bonchev–Trinajstić information content (AvgIpc) is 3.31. The number of ether oxygens (including phenoxy) is 1. The van der Waals surface area contributed by atoms with Crippen LogP contribution in [-0.4, -0.2) is 9.91 Å². The second-order valence-electron chi connectivity index (χ2n) is 6.60. The minimum atomic E-state index is -0.447. The van der Waals surface area contributed by atoms with Crippen molar-refractivity contribution < 1.29 is 9.66 Å². The summed E-state index contributed by atoms with van der Waals surface area (Å²) in [7, 11) is 0. The Labute approximate surface area is 188 Å².